The monoisotopic (exact) mass is 418 g/mol. The van der Waals surface area contributed by atoms with E-state index in [2.05, 4.69) is 17.4 Å². The Balaban J connectivity index is 1.63. The maximum absolute atomic E-state index is 12.5. The summed E-state index contributed by atoms with van der Waals surface area (Å²) in [4.78, 5) is 26.5. The topological polar surface area (TPSA) is 58.6 Å². The van der Waals surface area contributed by atoms with Crippen molar-refractivity contribution in [2.75, 3.05) is 17.7 Å². The van der Waals surface area contributed by atoms with Gasteiger partial charge in [-0.2, -0.15) is 0 Å². The van der Waals surface area contributed by atoms with Gasteiger partial charge in [-0.05, 0) is 43.2 Å². The molecule has 0 aliphatic carbocycles. The molecule has 1 aliphatic rings. The summed E-state index contributed by atoms with van der Waals surface area (Å²) in [7, 11) is 0. The Hall–Kier alpha value is -2.18. The molecule has 0 unspecified atom stereocenters. The minimum absolute atomic E-state index is 0.0547. The fraction of sp³-hybridized carbons (Fsp3) is 0.333. The summed E-state index contributed by atoms with van der Waals surface area (Å²) in [5, 5.41) is 3.21. The van der Waals surface area contributed by atoms with E-state index in [4.69, 9.17) is 16.3 Å². The summed E-state index contributed by atoms with van der Waals surface area (Å²) >= 11 is 7.45. The van der Waals surface area contributed by atoms with Crippen molar-refractivity contribution in [1.29, 1.82) is 0 Å². The third-order valence-electron chi connectivity index (χ3n) is 4.63. The molecule has 2 atom stereocenters. The number of hydrogen-bond acceptors (Lipinski definition) is 4. The molecule has 2 amide bonds. The average molecular weight is 419 g/mol. The third-order valence-corrected chi connectivity index (χ3v) is 6.11. The number of anilines is 1. The van der Waals surface area contributed by atoms with Crippen molar-refractivity contribution in [3.05, 3.63) is 64.7 Å². The molecule has 2 aromatic rings. The van der Waals surface area contributed by atoms with Gasteiger partial charge >= 0.3 is 6.09 Å². The minimum atomic E-state index is -0.549. The van der Waals surface area contributed by atoms with Crippen LogP contribution in [0.2, 0.25) is 5.02 Å². The Morgan fingerprint density at radius 2 is 1.93 bits per heavy atom. The number of ether oxygens (including phenoxy) is 1. The number of thioether (sulfide) groups is 1. The molecule has 5 nitrogen and oxygen atoms in total. The van der Waals surface area contributed by atoms with E-state index in [0.717, 1.165) is 5.56 Å². The third kappa shape index (κ3) is 5.00. The molecule has 3 rings (SSSR count). The normalized spacial score (nSPS) is 17.5. The SMILES string of the molecule is CC[C@H](COC(=O)Nc1ccc(Cl)cc1)N1C(=O)CS[C@H]1c1ccc(C)cc1. The molecule has 28 heavy (non-hydrogen) atoms. The van der Waals surface area contributed by atoms with Gasteiger partial charge in [-0.15, -0.1) is 11.8 Å². The Kier molecular flexibility index (Phi) is 6.86. The van der Waals surface area contributed by atoms with Crippen molar-refractivity contribution >= 4 is 41.1 Å². The highest BCUT2D eigenvalue weighted by molar-refractivity contribution is 8.00. The number of benzene rings is 2. The van der Waals surface area contributed by atoms with Gasteiger partial charge in [0.2, 0.25) is 5.91 Å². The highest BCUT2D eigenvalue weighted by Crippen LogP contribution is 2.40. The van der Waals surface area contributed by atoms with E-state index in [1.54, 1.807) is 36.0 Å². The molecule has 1 fully saturated rings. The van der Waals surface area contributed by atoms with Gasteiger partial charge in [0.1, 0.15) is 12.0 Å². The summed E-state index contributed by atoms with van der Waals surface area (Å²) in [5.74, 6) is 0.510. The molecular formula is C21H23ClN2O3S. The van der Waals surface area contributed by atoms with Gasteiger partial charge < -0.3 is 9.64 Å². The Morgan fingerprint density at radius 3 is 2.57 bits per heavy atom. The van der Waals surface area contributed by atoms with Crippen LogP contribution in [-0.2, 0) is 9.53 Å². The van der Waals surface area contributed by atoms with Gasteiger partial charge in [0, 0.05) is 10.7 Å². The highest BCUT2D eigenvalue weighted by Gasteiger charge is 2.37. The largest absolute Gasteiger partial charge is 0.447 e. The van der Waals surface area contributed by atoms with E-state index in [-0.39, 0.29) is 23.9 Å². The van der Waals surface area contributed by atoms with Crippen molar-refractivity contribution in [2.24, 2.45) is 0 Å². The first-order valence-electron chi connectivity index (χ1n) is 9.16. The van der Waals surface area contributed by atoms with Crippen LogP contribution in [-0.4, -0.2) is 35.3 Å². The predicted molar refractivity (Wildman–Crippen MR) is 114 cm³/mol. The van der Waals surface area contributed by atoms with Crippen LogP contribution in [0.5, 0.6) is 0 Å². The van der Waals surface area contributed by atoms with E-state index in [1.165, 1.54) is 5.56 Å². The maximum Gasteiger partial charge on any atom is 0.411 e. The number of carbonyl (C=O) groups excluding carboxylic acids is 2. The zero-order valence-corrected chi connectivity index (χ0v) is 17.4. The quantitative estimate of drug-likeness (QED) is 0.696. The predicted octanol–water partition coefficient (Wildman–Crippen LogP) is 5.25. The summed E-state index contributed by atoms with van der Waals surface area (Å²) in [6.07, 6.45) is 0.148. The lowest BCUT2D eigenvalue weighted by atomic mass is 10.1. The van der Waals surface area contributed by atoms with E-state index in [9.17, 15) is 9.59 Å². The van der Waals surface area contributed by atoms with Crippen molar-refractivity contribution in [2.45, 2.75) is 31.7 Å². The van der Waals surface area contributed by atoms with Crippen LogP contribution in [0.4, 0.5) is 10.5 Å². The number of hydrogen-bond donors (Lipinski definition) is 1. The molecule has 0 bridgehead atoms. The van der Waals surface area contributed by atoms with Crippen LogP contribution in [0.25, 0.3) is 0 Å². The van der Waals surface area contributed by atoms with Crippen LogP contribution in [0.15, 0.2) is 48.5 Å². The smallest absolute Gasteiger partial charge is 0.411 e. The van der Waals surface area contributed by atoms with Gasteiger partial charge in [0.15, 0.2) is 0 Å². The molecule has 1 N–H and O–H groups in total. The van der Waals surface area contributed by atoms with Gasteiger partial charge in [-0.3, -0.25) is 10.1 Å². The van der Waals surface area contributed by atoms with E-state index in [0.29, 0.717) is 22.9 Å². The second-order valence-corrected chi connectivity index (χ2v) is 8.17. The Labute approximate surface area is 174 Å². The zero-order valence-electron chi connectivity index (χ0n) is 15.9. The summed E-state index contributed by atoms with van der Waals surface area (Å²) < 4.78 is 5.41. The molecule has 0 spiro atoms. The number of carbonyl (C=O) groups is 2. The summed E-state index contributed by atoms with van der Waals surface area (Å²) in [6.45, 7) is 4.18. The number of rotatable bonds is 6. The summed E-state index contributed by atoms with van der Waals surface area (Å²) in [5.41, 5.74) is 2.87. The molecule has 1 aliphatic heterocycles. The van der Waals surface area contributed by atoms with Crippen LogP contribution in [0.3, 0.4) is 0 Å². The number of nitrogens with zero attached hydrogens (tertiary/aromatic N) is 1. The Bertz CT molecular complexity index is 827. The number of aryl methyl sites for hydroxylation is 1. The van der Waals surface area contributed by atoms with Crippen molar-refractivity contribution in [3.8, 4) is 0 Å². The lowest BCUT2D eigenvalue weighted by Crippen LogP contribution is -2.41. The molecule has 2 aromatic carbocycles. The molecule has 0 aromatic heterocycles. The number of halogens is 1. The lowest BCUT2D eigenvalue weighted by molar-refractivity contribution is -0.131. The fourth-order valence-corrected chi connectivity index (χ4v) is 4.45. The molecule has 0 saturated carbocycles. The van der Waals surface area contributed by atoms with Crippen molar-refractivity contribution in [3.63, 3.8) is 0 Å². The van der Waals surface area contributed by atoms with Crippen LogP contribution in [0, 0.1) is 6.92 Å². The van der Waals surface area contributed by atoms with Crippen LogP contribution in [0.1, 0.15) is 29.8 Å². The molecule has 0 radical (unpaired) electrons. The first-order valence-corrected chi connectivity index (χ1v) is 10.6. The fourth-order valence-electron chi connectivity index (χ4n) is 3.07. The maximum atomic E-state index is 12.5. The number of nitrogens with one attached hydrogen (secondary N) is 1. The molecule has 148 valence electrons. The standard InChI is InChI=1S/C21H23ClN2O3S/c1-3-18(12-27-21(26)23-17-10-8-16(22)9-11-17)24-19(25)13-28-20(24)15-6-4-14(2)5-7-15/h4-11,18,20H,3,12-13H2,1-2H3,(H,23,26)/t18-,20+/m1/s1. The van der Waals surface area contributed by atoms with Gasteiger partial charge in [-0.1, -0.05) is 48.4 Å². The lowest BCUT2D eigenvalue weighted by Gasteiger charge is -2.32. The molecule has 1 saturated heterocycles. The molecular weight excluding hydrogens is 396 g/mol. The van der Waals surface area contributed by atoms with Gasteiger partial charge in [0.25, 0.3) is 0 Å². The first kappa shape index (κ1) is 20.6. The molecule has 7 heteroatoms. The van der Waals surface area contributed by atoms with E-state index >= 15 is 0 Å². The second kappa shape index (κ2) is 9.34. The highest BCUT2D eigenvalue weighted by atomic mass is 35.5. The number of amides is 2. The van der Waals surface area contributed by atoms with Crippen molar-refractivity contribution < 1.29 is 14.3 Å². The van der Waals surface area contributed by atoms with Gasteiger partial charge in [0.05, 0.1) is 11.8 Å². The van der Waals surface area contributed by atoms with E-state index in [1.807, 2.05) is 30.9 Å². The summed E-state index contributed by atoms with van der Waals surface area (Å²) in [6, 6.07) is 14.8. The van der Waals surface area contributed by atoms with Crippen molar-refractivity contribution in [1.82, 2.24) is 4.90 Å². The minimum Gasteiger partial charge on any atom is -0.447 e. The van der Waals surface area contributed by atoms with Gasteiger partial charge in [-0.25, -0.2) is 4.79 Å². The first-order chi connectivity index (χ1) is 13.5. The average Bonchev–Trinajstić information content (AvgIpc) is 3.06. The van der Waals surface area contributed by atoms with Crippen LogP contribution < -0.4 is 5.32 Å². The molecule has 1 heterocycles. The van der Waals surface area contributed by atoms with E-state index < -0.39 is 6.09 Å². The van der Waals surface area contributed by atoms with Crippen LogP contribution >= 0.6 is 23.4 Å². The Morgan fingerprint density at radius 1 is 1.25 bits per heavy atom. The zero-order chi connectivity index (χ0) is 20.1. The second-order valence-electron chi connectivity index (χ2n) is 6.67.